The maximum atomic E-state index is 12.3. The molecule has 0 spiro atoms. The van der Waals surface area contributed by atoms with Gasteiger partial charge < -0.3 is 20.0 Å². The number of benzene rings is 1. The highest BCUT2D eigenvalue weighted by molar-refractivity contribution is 7.80. The van der Waals surface area contributed by atoms with Crippen molar-refractivity contribution >= 4 is 52.1 Å². The molecule has 8 heteroatoms. The van der Waals surface area contributed by atoms with E-state index in [9.17, 15) is 4.79 Å². The van der Waals surface area contributed by atoms with Crippen LogP contribution in [-0.4, -0.2) is 66.6 Å². The highest BCUT2D eigenvalue weighted by Gasteiger charge is 2.26. The van der Waals surface area contributed by atoms with E-state index < -0.39 is 0 Å². The fourth-order valence-corrected chi connectivity index (χ4v) is 4.15. The zero-order valence-electron chi connectivity index (χ0n) is 14.1. The second-order valence-electron chi connectivity index (χ2n) is 6.59. The number of anilines is 1. The van der Waals surface area contributed by atoms with Gasteiger partial charge in [-0.25, -0.2) is 0 Å². The molecule has 2 heterocycles. The molecule has 2 aliphatic rings. The van der Waals surface area contributed by atoms with Crippen LogP contribution >= 0.6 is 35.4 Å². The second-order valence-corrected chi connectivity index (χ2v) is 7.85. The van der Waals surface area contributed by atoms with E-state index in [1.54, 1.807) is 18.2 Å². The number of piperazine rings is 1. The first-order chi connectivity index (χ1) is 12.0. The van der Waals surface area contributed by atoms with Crippen molar-refractivity contribution in [3.05, 3.63) is 28.2 Å². The van der Waals surface area contributed by atoms with Crippen LogP contribution in [0.15, 0.2) is 18.2 Å². The standard InChI is InChI=1S/C17H22Cl2N4OS/c18-13-9-14(19)11-15(10-13)20-17(25)23-7-5-21(6-8-23)12-16(24)22-3-1-2-4-22/h9-11H,1-8,12H2,(H,20,25)/p+1. The summed E-state index contributed by atoms with van der Waals surface area (Å²) < 4.78 is 0. The van der Waals surface area contributed by atoms with Crippen molar-refractivity contribution < 1.29 is 9.69 Å². The van der Waals surface area contributed by atoms with Gasteiger partial charge in [0, 0.05) is 28.8 Å². The van der Waals surface area contributed by atoms with E-state index in [0.717, 1.165) is 57.8 Å². The summed E-state index contributed by atoms with van der Waals surface area (Å²) in [6.07, 6.45) is 2.28. The minimum absolute atomic E-state index is 0.287. The Hall–Kier alpha value is -1.08. The average molecular weight is 402 g/mol. The van der Waals surface area contributed by atoms with Crippen LogP contribution in [0.3, 0.4) is 0 Å². The van der Waals surface area contributed by atoms with Gasteiger partial charge in [0.15, 0.2) is 11.7 Å². The van der Waals surface area contributed by atoms with Gasteiger partial charge in [-0.05, 0) is 43.3 Å². The topological polar surface area (TPSA) is 40.0 Å². The van der Waals surface area contributed by atoms with Crippen LogP contribution in [0.1, 0.15) is 12.8 Å². The van der Waals surface area contributed by atoms with Gasteiger partial charge in [0.2, 0.25) is 0 Å². The maximum absolute atomic E-state index is 12.3. The number of thiocarbonyl (C=S) groups is 1. The van der Waals surface area contributed by atoms with E-state index >= 15 is 0 Å². The average Bonchev–Trinajstić information content (AvgIpc) is 3.09. The summed E-state index contributed by atoms with van der Waals surface area (Å²) in [5.41, 5.74) is 0.793. The van der Waals surface area contributed by atoms with E-state index in [1.165, 1.54) is 4.90 Å². The number of likely N-dealkylation sites (tertiary alicyclic amines) is 1. The number of quaternary nitrogens is 1. The molecule has 3 rings (SSSR count). The van der Waals surface area contributed by atoms with E-state index in [2.05, 4.69) is 10.2 Å². The van der Waals surface area contributed by atoms with Crippen LogP contribution in [0.5, 0.6) is 0 Å². The Morgan fingerprint density at radius 1 is 1.04 bits per heavy atom. The van der Waals surface area contributed by atoms with Gasteiger partial charge in [0.05, 0.1) is 26.2 Å². The van der Waals surface area contributed by atoms with Gasteiger partial charge in [0.25, 0.3) is 5.91 Å². The van der Waals surface area contributed by atoms with Gasteiger partial charge in [0.1, 0.15) is 0 Å². The third-order valence-corrected chi connectivity index (χ3v) is 5.53. The zero-order chi connectivity index (χ0) is 17.8. The number of nitrogens with zero attached hydrogens (tertiary/aromatic N) is 2. The van der Waals surface area contributed by atoms with Gasteiger partial charge in [-0.3, -0.25) is 4.79 Å². The van der Waals surface area contributed by atoms with Gasteiger partial charge in [-0.2, -0.15) is 0 Å². The summed E-state index contributed by atoms with van der Waals surface area (Å²) >= 11 is 17.5. The Labute approximate surface area is 163 Å². The van der Waals surface area contributed by atoms with Crippen molar-refractivity contribution in [2.45, 2.75) is 12.8 Å². The van der Waals surface area contributed by atoms with E-state index in [4.69, 9.17) is 35.4 Å². The van der Waals surface area contributed by atoms with E-state index in [0.29, 0.717) is 21.7 Å². The van der Waals surface area contributed by atoms with Crippen LogP contribution in [-0.2, 0) is 4.79 Å². The molecule has 0 bridgehead atoms. The maximum Gasteiger partial charge on any atom is 0.277 e. The number of hydrogen-bond acceptors (Lipinski definition) is 2. The Kier molecular flexibility index (Phi) is 6.39. The number of amides is 1. The number of hydrogen-bond donors (Lipinski definition) is 2. The summed E-state index contributed by atoms with van der Waals surface area (Å²) in [5, 5.41) is 5.02. The molecule has 0 saturated carbocycles. The van der Waals surface area contributed by atoms with E-state index in [1.807, 2.05) is 4.90 Å². The molecule has 1 aromatic carbocycles. The van der Waals surface area contributed by atoms with Crippen LogP contribution in [0.25, 0.3) is 0 Å². The molecular formula is C17H23Cl2N4OS+. The van der Waals surface area contributed by atoms with Crippen LogP contribution in [0.2, 0.25) is 10.0 Å². The van der Waals surface area contributed by atoms with Crippen molar-refractivity contribution in [1.82, 2.24) is 9.80 Å². The lowest BCUT2D eigenvalue weighted by Crippen LogP contribution is -3.15. The molecule has 2 saturated heterocycles. The fourth-order valence-electron chi connectivity index (χ4n) is 3.32. The summed E-state index contributed by atoms with van der Waals surface area (Å²) in [4.78, 5) is 17.7. The van der Waals surface area contributed by atoms with Crippen molar-refractivity contribution in [1.29, 1.82) is 0 Å². The molecule has 0 atom stereocenters. The lowest BCUT2D eigenvalue weighted by molar-refractivity contribution is -0.896. The largest absolute Gasteiger partial charge is 0.338 e. The lowest BCUT2D eigenvalue weighted by Gasteiger charge is -2.34. The van der Waals surface area contributed by atoms with Crippen molar-refractivity contribution in [2.24, 2.45) is 0 Å². The smallest absolute Gasteiger partial charge is 0.277 e. The minimum atomic E-state index is 0.287. The molecule has 0 aliphatic carbocycles. The molecule has 0 unspecified atom stereocenters. The number of rotatable bonds is 3. The Balaban J connectivity index is 1.46. The van der Waals surface area contributed by atoms with E-state index in [-0.39, 0.29) is 5.91 Å². The highest BCUT2D eigenvalue weighted by atomic mass is 35.5. The number of carbonyl (C=O) groups is 1. The molecule has 1 aromatic rings. The molecule has 0 radical (unpaired) electrons. The zero-order valence-corrected chi connectivity index (χ0v) is 16.4. The molecule has 1 amide bonds. The molecule has 136 valence electrons. The molecule has 5 nitrogen and oxygen atoms in total. The SMILES string of the molecule is O=C(C[NH+]1CCN(C(=S)Nc2cc(Cl)cc(Cl)c2)CC1)N1CCCC1. The molecule has 2 fully saturated rings. The Morgan fingerprint density at radius 2 is 1.64 bits per heavy atom. The highest BCUT2D eigenvalue weighted by Crippen LogP contribution is 2.22. The van der Waals surface area contributed by atoms with Crippen LogP contribution in [0.4, 0.5) is 5.69 Å². The van der Waals surface area contributed by atoms with Gasteiger partial charge in [-0.15, -0.1) is 0 Å². The first-order valence-corrected chi connectivity index (χ1v) is 9.81. The number of halogens is 2. The molecule has 0 aromatic heterocycles. The first kappa shape index (κ1) is 18.7. The summed E-state index contributed by atoms with van der Waals surface area (Å²) in [7, 11) is 0. The summed E-state index contributed by atoms with van der Waals surface area (Å²) in [6.45, 7) is 5.95. The van der Waals surface area contributed by atoms with Crippen LogP contribution in [0, 0.1) is 0 Å². The molecule has 2 N–H and O–H groups in total. The van der Waals surface area contributed by atoms with Crippen LogP contribution < -0.4 is 10.2 Å². The number of nitrogens with one attached hydrogen (secondary N) is 2. The third kappa shape index (κ3) is 5.20. The summed E-state index contributed by atoms with van der Waals surface area (Å²) in [6, 6.07) is 5.29. The predicted octanol–water partition coefficient (Wildman–Crippen LogP) is 1.51. The van der Waals surface area contributed by atoms with Crippen molar-refractivity contribution in [2.75, 3.05) is 51.1 Å². The summed E-state index contributed by atoms with van der Waals surface area (Å²) in [5.74, 6) is 0.287. The molecule has 25 heavy (non-hydrogen) atoms. The Morgan fingerprint density at radius 3 is 2.24 bits per heavy atom. The third-order valence-electron chi connectivity index (χ3n) is 4.73. The van der Waals surface area contributed by atoms with Gasteiger partial charge in [-0.1, -0.05) is 23.2 Å². The van der Waals surface area contributed by atoms with Crippen molar-refractivity contribution in [3.8, 4) is 0 Å². The van der Waals surface area contributed by atoms with Crippen molar-refractivity contribution in [3.63, 3.8) is 0 Å². The first-order valence-electron chi connectivity index (χ1n) is 8.64. The predicted molar refractivity (Wildman–Crippen MR) is 106 cm³/mol. The Bertz CT molecular complexity index is 623. The monoisotopic (exact) mass is 401 g/mol. The molecular weight excluding hydrogens is 379 g/mol. The number of carbonyl (C=O) groups excluding carboxylic acids is 1. The quantitative estimate of drug-likeness (QED) is 0.753. The minimum Gasteiger partial charge on any atom is -0.338 e. The van der Waals surface area contributed by atoms with Gasteiger partial charge >= 0.3 is 0 Å². The molecule has 2 aliphatic heterocycles. The fraction of sp³-hybridized carbons (Fsp3) is 0.529. The lowest BCUT2D eigenvalue weighted by atomic mass is 10.3. The second kappa shape index (κ2) is 8.54. The normalized spacial score (nSPS) is 18.5.